The molecule has 1 unspecified atom stereocenters. The number of nitrogens with one attached hydrogen (secondary N) is 1. The summed E-state index contributed by atoms with van der Waals surface area (Å²) in [6, 6.07) is 10.1. The minimum Gasteiger partial charge on any atom is -0.315 e. The molecule has 104 valence electrons. The predicted molar refractivity (Wildman–Crippen MR) is 77.3 cm³/mol. The molecule has 0 spiro atoms. The molecule has 1 amide bonds. The second-order valence-corrected chi connectivity index (χ2v) is 5.10. The van der Waals surface area contributed by atoms with Crippen molar-refractivity contribution in [3.63, 3.8) is 0 Å². The van der Waals surface area contributed by atoms with Crippen LogP contribution in [0.25, 0.3) is 0 Å². The van der Waals surface area contributed by atoms with Gasteiger partial charge in [-0.2, -0.15) is 5.10 Å². The topological polar surface area (TPSA) is 50.2 Å². The SMILES string of the molecule is CN1C(=O)CC(NCc2ccnn2C)c2ccccc21. The smallest absolute Gasteiger partial charge is 0.228 e. The molecular weight excluding hydrogens is 252 g/mol. The molecule has 1 N–H and O–H groups in total. The molecule has 5 heteroatoms. The molecule has 1 aliphatic rings. The molecule has 1 atom stereocenters. The Kier molecular flexibility index (Phi) is 3.28. The lowest BCUT2D eigenvalue weighted by Crippen LogP contribution is -2.37. The maximum absolute atomic E-state index is 12.1. The number of para-hydroxylation sites is 1. The number of fused-ring (bicyclic) bond motifs is 1. The molecule has 0 bridgehead atoms. The first-order chi connectivity index (χ1) is 9.66. The van der Waals surface area contributed by atoms with Gasteiger partial charge in [-0.05, 0) is 17.7 Å². The van der Waals surface area contributed by atoms with Crippen molar-refractivity contribution in [3.05, 3.63) is 47.8 Å². The summed E-state index contributed by atoms with van der Waals surface area (Å²) in [5.74, 6) is 0.145. The highest BCUT2D eigenvalue weighted by atomic mass is 16.2. The second kappa shape index (κ2) is 5.09. The van der Waals surface area contributed by atoms with Gasteiger partial charge < -0.3 is 10.2 Å². The van der Waals surface area contributed by atoms with Gasteiger partial charge in [-0.25, -0.2) is 0 Å². The van der Waals surface area contributed by atoms with E-state index in [4.69, 9.17) is 0 Å². The van der Waals surface area contributed by atoms with Gasteiger partial charge in [0.25, 0.3) is 0 Å². The fraction of sp³-hybridized carbons (Fsp3) is 0.333. The van der Waals surface area contributed by atoms with Gasteiger partial charge in [-0.1, -0.05) is 18.2 Å². The van der Waals surface area contributed by atoms with Crippen molar-refractivity contribution < 1.29 is 4.79 Å². The average Bonchev–Trinajstić information content (AvgIpc) is 2.87. The Morgan fingerprint density at radius 2 is 2.10 bits per heavy atom. The fourth-order valence-corrected chi connectivity index (χ4v) is 2.63. The molecule has 1 aliphatic heterocycles. The van der Waals surface area contributed by atoms with Crippen molar-refractivity contribution in [2.45, 2.75) is 19.0 Å². The summed E-state index contributed by atoms with van der Waals surface area (Å²) in [6.45, 7) is 0.701. The van der Waals surface area contributed by atoms with E-state index in [0.717, 1.165) is 11.4 Å². The zero-order valence-corrected chi connectivity index (χ0v) is 11.7. The number of anilines is 1. The molecule has 1 aromatic carbocycles. The number of hydrogen-bond donors (Lipinski definition) is 1. The number of nitrogens with zero attached hydrogens (tertiary/aromatic N) is 3. The van der Waals surface area contributed by atoms with E-state index >= 15 is 0 Å². The van der Waals surface area contributed by atoms with Crippen LogP contribution in [0.2, 0.25) is 0 Å². The highest BCUT2D eigenvalue weighted by molar-refractivity contribution is 5.96. The average molecular weight is 270 g/mol. The van der Waals surface area contributed by atoms with E-state index in [-0.39, 0.29) is 11.9 Å². The lowest BCUT2D eigenvalue weighted by molar-refractivity contribution is -0.119. The fourth-order valence-electron chi connectivity index (χ4n) is 2.63. The number of amides is 1. The molecule has 3 rings (SSSR count). The lowest BCUT2D eigenvalue weighted by Gasteiger charge is -2.32. The lowest BCUT2D eigenvalue weighted by atomic mass is 9.96. The Morgan fingerprint density at radius 1 is 1.30 bits per heavy atom. The van der Waals surface area contributed by atoms with Crippen LogP contribution in [-0.4, -0.2) is 22.7 Å². The van der Waals surface area contributed by atoms with Crippen LogP contribution < -0.4 is 10.2 Å². The van der Waals surface area contributed by atoms with Gasteiger partial charge in [0.1, 0.15) is 0 Å². The number of benzene rings is 1. The van der Waals surface area contributed by atoms with Gasteiger partial charge in [-0.3, -0.25) is 9.48 Å². The molecule has 0 fully saturated rings. The molecule has 2 heterocycles. The summed E-state index contributed by atoms with van der Waals surface area (Å²) in [5, 5.41) is 7.62. The van der Waals surface area contributed by atoms with Crippen LogP contribution in [0.4, 0.5) is 5.69 Å². The maximum atomic E-state index is 12.1. The van der Waals surface area contributed by atoms with Gasteiger partial charge in [0.15, 0.2) is 0 Å². The standard InChI is InChI=1S/C15H18N4O/c1-18-14-6-4-3-5-12(14)13(9-15(18)20)16-10-11-7-8-17-19(11)2/h3-8,13,16H,9-10H2,1-2H3. The molecular formula is C15H18N4O. The zero-order valence-electron chi connectivity index (χ0n) is 11.7. The Bertz CT molecular complexity index is 634. The molecule has 20 heavy (non-hydrogen) atoms. The van der Waals surface area contributed by atoms with Crippen LogP contribution in [0.5, 0.6) is 0 Å². The largest absolute Gasteiger partial charge is 0.315 e. The molecule has 5 nitrogen and oxygen atoms in total. The molecule has 2 aromatic rings. The van der Waals surface area contributed by atoms with Gasteiger partial charge in [-0.15, -0.1) is 0 Å². The predicted octanol–water partition coefficient (Wildman–Crippen LogP) is 1.62. The van der Waals surface area contributed by atoms with E-state index in [1.807, 2.05) is 43.0 Å². The first-order valence-corrected chi connectivity index (χ1v) is 6.72. The normalized spacial score (nSPS) is 18.2. The highest BCUT2D eigenvalue weighted by Crippen LogP contribution is 2.33. The van der Waals surface area contributed by atoms with Crippen LogP contribution >= 0.6 is 0 Å². The first kappa shape index (κ1) is 12.9. The summed E-state index contributed by atoms with van der Waals surface area (Å²) >= 11 is 0. The van der Waals surface area contributed by atoms with E-state index in [1.54, 1.807) is 11.1 Å². The summed E-state index contributed by atoms with van der Waals surface area (Å²) in [7, 11) is 3.75. The van der Waals surface area contributed by atoms with E-state index in [0.29, 0.717) is 13.0 Å². The maximum Gasteiger partial charge on any atom is 0.228 e. The van der Waals surface area contributed by atoms with Crippen LogP contribution in [0.1, 0.15) is 23.7 Å². The number of aromatic nitrogens is 2. The number of rotatable bonds is 3. The monoisotopic (exact) mass is 270 g/mol. The summed E-state index contributed by atoms with van der Waals surface area (Å²) < 4.78 is 1.84. The zero-order chi connectivity index (χ0) is 14.1. The van der Waals surface area contributed by atoms with Crippen LogP contribution in [0.15, 0.2) is 36.5 Å². The van der Waals surface area contributed by atoms with Crippen molar-refractivity contribution in [1.82, 2.24) is 15.1 Å². The van der Waals surface area contributed by atoms with Crippen LogP contribution in [0, 0.1) is 0 Å². The number of carbonyl (C=O) groups is 1. The number of carbonyl (C=O) groups excluding carboxylic acids is 1. The Hall–Kier alpha value is -2.14. The van der Waals surface area contributed by atoms with E-state index < -0.39 is 0 Å². The van der Waals surface area contributed by atoms with Crippen LogP contribution in [0.3, 0.4) is 0 Å². The quantitative estimate of drug-likeness (QED) is 0.922. The number of aryl methyl sites for hydroxylation is 1. The summed E-state index contributed by atoms with van der Waals surface area (Å²) in [4.78, 5) is 13.8. The van der Waals surface area contributed by atoms with Crippen molar-refractivity contribution >= 4 is 11.6 Å². The van der Waals surface area contributed by atoms with Crippen molar-refractivity contribution in [3.8, 4) is 0 Å². The minimum atomic E-state index is 0.0600. The summed E-state index contributed by atoms with van der Waals surface area (Å²) in [6.07, 6.45) is 2.27. The Labute approximate surface area is 118 Å². The van der Waals surface area contributed by atoms with Gasteiger partial charge in [0.05, 0.1) is 5.69 Å². The molecule has 1 aromatic heterocycles. The van der Waals surface area contributed by atoms with Gasteiger partial charge in [0, 0.05) is 45.0 Å². The third-order valence-corrected chi connectivity index (χ3v) is 3.88. The summed E-state index contributed by atoms with van der Waals surface area (Å²) in [5.41, 5.74) is 3.27. The van der Waals surface area contributed by atoms with E-state index in [2.05, 4.69) is 16.5 Å². The molecule has 0 saturated carbocycles. The van der Waals surface area contributed by atoms with Crippen molar-refractivity contribution in [2.24, 2.45) is 7.05 Å². The second-order valence-electron chi connectivity index (χ2n) is 5.10. The minimum absolute atomic E-state index is 0.0600. The molecule has 0 aliphatic carbocycles. The first-order valence-electron chi connectivity index (χ1n) is 6.72. The molecule has 0 radical (unpaired) electrons. The Morgan fingerprint density at radius 3 is 2.85 bits per heavy atom. The number of hydrogen-bond acceptors (Lipinski definition) is 3. The van der Waals surface area contributed by atoms with Crippen molar-refractivity contribution in [1.29, 1.82) is 0 Å². The third kappa shape index (κ3) is 2.20. The third-order valence-electron chi connectivity index (χ3n) is 3.88. The van der Waals surface area contributed by atoms with Crippen molar-refractivity contribution in [2.75, 3.05) is 11.9 Å². The van der Waals surface area contributed by atoms with Gasteiger partial charge >= 0.3 is 0 Å². The Balaban J connectivity index is 1.82. The van der Waals surface area contributed by atoms with Crippen LogP contribution in [-0.2, 0) is 18.4 Å². The van der Waals surface area contributed by atoms with E-state index in [1.165, 1.54) is 5.56 Å². The molecule has 0 saturated heterocycles. The van der Waals surface area contributed by atoms with Gasteiger partial charge in [0.2, 0.25) is 5.91 Å². The highest BCUT2D eigenvalue weighted by Gasteiger charge is 2.28. The van der Waals surface area contributed by atoms with E-state index in [9.17, 15) is 4.79 Å².